The first-order chi connectivity index (χ1) is 11.3. The summed E-state index contributed by atoms with van der Waals surface area (Å²) >= 11 is 1.67. The summed E-state index contributed by atoms with van der Waals surface area (Å²) in [6.07, 6.45) is 4.03. The van der Waals surface area contributed by atoms with Crippen molar-refractivity contribution in [1.29, 1.82) is 0 Å². The molecule has 2 aromatic heterocycles. The van der Waals surface area contributed by atoms with Gasteiger partial charge in [0.1, 0.15) is 5.75 Å². The van der Waals surface area contributed by atoms with E-state index in [1.54, 1.807) is 11.8 Å². The smallest absolute Gasteiger partial charge is 0.166 e. The van der Waals surface area contributed by atoms with Gasteiger partial charge in [-0.2, -0.15) is 0 Å². The molecular formula is C18H21N3OS. The molecule has 0 saturated carbocycles. The normalized spacial score (nSPS) is 11.0. The van der Waals surface area contributed by atoms with Crippen LogP contribution in [0.3, 0.4) is 0 Å². The number of H-pyrrole nitrogens is 1. The highest BCUT2D eigenvalue weighted by atomic mass is 32.2. The van der Waals surface area contributed by atoms with Crippen LogP contribution in [0.5, 0.6) is 5.75 Å². The van der Waals surface area contributed by atoms with E-state index in [1.807, 2.05) is 36.5 Å². The standard InChI is InChI=1S/C18H21N3OS/c1-3-4-11-22-17-9-10-19-16(13(17)2)12-23-18-20-14-7-5-6-8-15(14)21-18/h5-10H,3-4,11-12H2,1-2H3,(H,20,21). The molecule has 4 nitrogen and oxygen atoms in total. The molecule has 0 fully saturated rings. The monoisotopic (exact) mass is 327 g/mol. The third kappa shape index (κ3) is 3.85. The lowest BCUT2D eigenvalue weighted by atomic mass is 10.2. The van der Waals surface area contributed by atoms with Crippen molar-refractivity contribution in [2.75, 3.05) is 6.61 Å². The maximum atomic E-state index is 5.85. The van der Waals surface area contributed by atoms with E-state index in [0.29, 0.717) is 0 Å². The minimum atomic E-state index is 0.761. The van der Waals surface area contributed by atoms with Gasteiger partial charge in [0.2, 0.25) is 0 Å². The summed E-state index contributed by atoms with van der Waals surface area (Å²) in [7, 11) is 0. The van der Waals surface area contributed by atoms with Gasteiger partial charge in [-0.25, -0.2) is 4.98 Å². The predicted octanol–water partition coefficient (Wildman–Crippen LogP) is 4.74. The van der Waals surface area contributed by atoms with Crippen LogP contribution < -0.4 is 4.74 Å². The van der Waals surface area contributed by atoms with Gasteiger partial charge >= 0.3 is 0 Å². The Labute approximate surface area is 140 Å². The van der Waals surface area contributed by atoms with Gasteiger partial charge < -0.3 is 9.72 Å². The van der Waals surface area contributed by atoms with Crippen molar-refractivity contribution in [3.05, 3.63) is 47.8 Å². The van der Waals surface area contributed by atoms with Gasteiger partial charge in [0.05, 0.1) is 23.3 Å². The number of benzene rings is 1. The Bertz CT molecular complexity index is 752. The molecule has 0 unspecified atom stereocenters. The van der Waals surface area contributed by atoms with E-state index >= 15 is 0 Å². The molecule has 3 aromatic rings. The number of hydrogen-bond donors (Lipinski definition) is 1. The average molecular weight is 327 g/mol. The third-order valence-corrected chi connectivity index (χ3v) is 4.61. The Kier molecular flexibility index (Phi) is 5.18. The number of rotatable bonds is 7. The molecule has 2 heterocycles. The van der Waals surface area contributed by atoms with Crippen LogP contribution in [0.1, 0.15) is 31.0 Å². The molecule has 0 radical (unpaired) electrons. The number of fused-ring (bicyclic) bond motifs is 1. The first-order valence-electron chi connectivity index (χ1n) is 7.92. The first kappa shape index (κ1) is 15.9. The zero-order valence-corrected chi connectivity index (χ0v) is 14.3. The number of imidazole rings is 1. The highest BCUT2D eigenvalue weighted by Gasteiger charge is 2.09. The molecule has 0 atom stereocenters. The van der Waals surface area contributed by atoms with Crippen molar-refractivity contribution < 1.29 is 4.74 Å². The molecule has 0 aliphatic carbocycles. The van der Waals surface area contributed by atoms with Crippen LogP contribution in [0.15, 0.2) is 41.7 Å². The van der Waals surface area contributed by atoms with Gasteiger partial charge in [0, 0.05) is 17.5 Å². The Morgan fingerprint density at radius 3 is 2.91 bits per heavy atom. The summed E-state index contributed by atoms with van der Waals surface area (Å²) in [6, 6.07) is 10.0. The van der Waals surface area contributed by atoms with Gasteiger partial charge in [-0.3, -0.25) is 4.98 Å². The second-order valence-corrected chi connectivity index (χ2v) is 6.39. The van der Waals surface area contributed by atoms with Crippen LogP contribution >= 0.6 is 11.8 Å². The Morgan fingerprint density at radius 1 is 1.22 bits per heavy atom. The summed E-state index contributed by atoms with van der Waals surface area (Å²) in [5.74, 6) is 1.71. The largest absolute Gasteiger partial charge is 0.493 e. The number of nitrogens with zero attached hydrogens (tertiary/aromatic N) is 2. The van der Waals surface area contributed by atoms with E-state index in [2.05, 4.69) is 28.8 Å². The Hall–Kier alpha value is -2.01. The summed E-state index contributed by atoms with van der Waals surface area (Å²) in [5.41, 5.74) is 4.23. The molecule has 3 rings (SSSR count). The molecule has 1 N–H and O–H groups in total. The molecule has 23 heavy (non-hydrogen) atoms. The highest BCUT2D eigenvalue weighted by Crippen LogP contribution is 2.27. The fourth-order valence-electron chi connectivity index (χ4n) is 2.32. The molecule has 0 amide bonds. The van der Waals surface area contributed by atoms with Crippen LogP contribution in [0.25, 0.3) is 11.0 Å². The molecule has 0 saturated heterocycles. The summed E-state index contributed by atoms with van der Waals surface area (Å²) in [4.78, 5) is 12.4. The fourth-order valence-corrected chi connectivity index (χ4v) is 3.23. The van der Waals surface area contributed by atoms with Crippen LogP contribution in [0.4, 0.5) is 0 Å². The van der Waals surface area contributed by atoms with Crippen molar-refractivity contribution in [1.82, 2.24) is 15.0 Å². The number of nitrogens with one attached hydrogen (secondary N) is 1. The molecule has 0 spiro atoms. The van der Waals surface area contributed by atoms with E-state index in [4.69, 9.17) is 4.74 Å². The van der Waals surface area contributed by atoms with E-state index in [0.717, 1.165) is 58.4 Å². The van der Waals surface area contributed by atoms with Crippen molar-refractivity contribution in [3.8, 4) is 5.75 Å². The lowest BCUT2D eigenvalue weighted by Crippen LogP contribution is -2.01. The van der Waals surface area contributed by atoms with E-state index in [1.165, 1.54) is 0 Å². The Morgan fingerprint density at radius 2 is 2.09 bits per heavy atom. The molecule has 0 bridgehead atoms. The van der Waals surface area contributed by atoms with Gasteiger partial charge in [0.25, 0.3) is 0 Å². The number of thioether (sulfide) groups is 1. The number of para-hydroxylation sites is 2. The highest BCUT2D eigenvalue weighted by molar-refractivity contribution is 7.98. The molecule has 0 aliphatic heterocycles. The van der Waals surface area contributed by atoms with E-state index in [-0.39, 0.29) is 0 Å². The third-order valence-electron chi connectivity index (χ3n) is 3.73. The fraction of sp³-hybridized carbons (Fsp3) is 0.333. The number of hydrogen-bond acceptors (Lipinski definition) is 4. The molecule has 0 aliphatic rings. The number of unbranched alkanes of at least 4 members (excludes halogenated alkanes) is 1. The lowest BCUT2D eigenvalue weighted by Gasteiger charge is -2.11. The SMILES string of the molecule is CCCCOc1ccnc(CSc2nc3ccccc3[nH]2)c1C. The number of pyridine rings is 1. The first-order valence-corrected chi connectivity index (χ1v) is 8.91. The summed E-state index contributed by atoms with van der Waals surface area (Å²) in [5, 5.41) is 0.921. The van der Waals surface area contributed by atoms with Crippen LogP contribution in [-0.4, -0.2) is 21.6 Å². The van der Waals surface area contributed by atoms with Gasteiger partial charge in [-0.05, 0) is 31.5 Å². The van der Waals surface area contributed by atoms with Gasteiger partial charge in [-0.1, -0.05) is 37.2 Å². The van der Waals surface area contributed by atoms with Gasteiger partial charge in [-0.15, -0.1) is 0 Å². The number of aromatic nitrogens is 3. The summed E-state index contributed by atoms with van der Waals surface area (Å²) < 4.78 is 5.85. The minimum absolute atomic E-state index is 0.761. The number of ether oxygens (including phenoxy) is 1. The van der Waals surface area contributed by atoms with Crippen LogP contribution in [-0.2, 0) is 5.75 Å². The van der Waals surface area contributed by atoms with Crippen molar-refractivity contribution >= 4 is 22.8 Å². The number of aromatic amines is 1. The van der Waals surface area contributed by atoms with E-state index in [9.17, 15) is 0 Å². The Balaban J connectivity index is 1.68. The van der Waals surface area contributed by atoms with Crippen molar-refractivity contribution in [2.24, 2.45) is 0 Å². The van der Waals surface area contributed by atoms with Crippen LogP contribution in [0.2, 0.25) is 0 Å². The topological polar surface area (TPSA) is 50.8 Å². The van der Waals surface area contributed by atoms with Crippen LogP contribution in [0, 0.1) is 6.92 Å². The maximum absolute atomic E-state index is 5.85. The quantitative estimate of drug-likeness (QED) is 0.503. The minimum Gasteiger partial charge on any atom is -0.493 e. The van der Waals surface area contributed by atoms with Gasteiger partial charge in [0.15, 0.2) is 5.16 Å². The molecule has 120 valence electrons. The zero-order chi connectivity index (χ0) is 16.1. The lowest BCUT2D eigenvalue weighted by molar-refractivity contribution is 0.306. The van der Waals surface area contributed by atoms with E-state index < -0.39 is 0 Å². The van der Waals surface area contributed by atoms with Crippen molar-refractivity contribution in [2.45, 2.75) is 37.6 Å². The molecular weight excluding hydrogens is 306 g/mol. The average Bonchev–Trinajstić information content (AvgIpc) is 2.98. The molecule has 5 heteroatoms. The van der Waals surface area contributed by atoms with Crippen molar-refractivity contribution in [3.63, 3.8) is 0 Å². The second kappa shape index (κ2) is 7.51. The second-order valence-electron chi connectivity index (χ2n) is 5.43. The predicted molar refractivity (Wildman–Crippen MR) is 95.0 cm³/mol. The molecule has 1 aromatic carbocycles. The maximum Gasteiger partial charge on any atom is 0.166 e. The summed E-state index contributed by atoms with van der Waals surface area (Å²) in [6.45, 7) is 5.00. The zero-order valence-electron chi connectivity index (χ0n) is 13.5.